The molecule has 0 spiro atoms. The number of halogens is 1. The van der Waals surface area contributed by atoms with E-state index in [1.54, 1.807) is 6.20 Å². The molecule has 1 fully saturated rings. The summed E-state index contributed by atoms with van der Waals surface area (Å²) in [5, 5.41) is 2.95. The van der Waals surface area contributed by atoms with Gasteiger partial charge in [0.25, 0.3) is 0 Å². The Morgan fingerprint density at radius 2 is 2.00 bits per heavy atom. The van der Waals surface area contributed by atoms with E-state index < -0.39 is 0 Å². The lowest BCUT2D eigenvalue weighted by Crippen LogP contribution is -2.43. The maximum atomic E-state index is 12.5. The molecular weight excluding hydrogens is 422 g/mol. The van der Waals surface area contributed by atoms with Crippen molar-refractivity contribution < 1.29 is 14.3 Å². The van der Waals surface area contributed by atoms with Gasteiger partial charge in [0.1, 0.15) is 11.9 Å². The molecule has 0 unspecified atom stereocenters. The molecule has 0 saturated carbocycles. The summed E-state index contributed by atoms with van der Waals surface area (Å²) in [4.78, 5) is 18.6. The Morgan fingerprint density at radius 3 is 2.68 bits per heavy atom. The summed E-state index contributed by atoms with van der Waals surface area (Å²) in [7, 11) is 0. The third-order valence-corrected chi connectivity index (χ3v) is 5.21. The van der Waals surface area contributed by atoms with Gasteiger partial charge in [0, 0.05) is 37.8 Å². The van der Waals surface area contributed by atoms with E-state index in [2.05, 4.69) is 33.2 Å². The quantitative estimate of drug-likeness (QED) is 0.599. The molecule has 0 aliphatic carbocycles. The highest BCUT2D eigenvalue weighted by Gasteiger charge is 2.24. The fourth-order valence-electron chi connectivity index (χ4n) is 2.96. The Balaban J connectivity index is 1.44. The number of benzene rings is 1. The van der Waals surface area contributed by atoms with Crippen molar-refractivity contribution in [3.05, 3.63) is 47.1 Å². The van der Waals surface area contributed by atoms with Crippen LogP contribution in [-0.4, -0.2) is 41.7 Å². The Morgan fingerprint density at radius 1 is 1.25 bits per heavy atom. The summed E-state index contributed by atoms with van der Waals surface area (Å²) >= 11 is 3.45. The molecular formula is C21H26BrN3O3. The van der Waals surface area contributed by atoms with Crippen LogP contribution in [0.2, 0.25) is 0 Å². The number of likely N-dealkylation sites (tertiary alicyclic amines) is 1. The average Bonchev–Trinajstić information content (AvgIpc) is 2.72. The summed E-state index contributed by atoms with van der Waals surface area (Å²) in [5.74, 6) is 1.43. The van der Waals surface area contributed by atoms with Crippen LogP contribution < -0.4 is 14.8 Å². The second-order valence-electron chi connectivity index (χ2n) is 6.75. The fraction of sp³-hybridized carbons (Fsp3) is 0.429. The van der Waals surface area contributed by atoms with Crippen molar-refractivity contribution in [3.8, 4) is 11.6 Å². The molecule has 28 heavy (non-hydrogen) atoms. The zero-order chi connectivity index (χ0) is 19.8. The number of pyridine rings is 1. The van der Waals surface area contributed by atoms with Gasteiger partial charge < -0.3 is 19.7 Å². The molecule has 1 N–H and O–H groups in total. The van der Waals surface area contributed by atoms with Crippen molar-refractivity contribution in [2.75, 3.05) is 25.0 Å². The van der Waals surface area contributed by atoms with Crippen molar-refractivity contribution in [1.29, 1.82) is 0 Å². The minimum atomic E-state index is -0.0860. The number of amides is 2. The van der Waals surface area contributed by atoms with Gasteiger partial charge in [0.05, 0.1) is 11.1 Å². The molecule has 0 bridgehead atoms. The van der Waals surface area contributed by atoms with Crippen LogP contribution in [0.4, 0.5) is 10.5 Å². The Bertz CT molecular complexity index is 762. The largest absolute Gasteiger partial charge is 0.494 e. The highest BCUT2D eigenvalue weighted by Crippen LogP contribution is 2.25. The van der Waals surface area contributed by atoms with E-state index in [1.807, 2.05) is 41.3 Å². The van der Waals surface area contributed by atoms with Crippen LogP contribution in [0.1, 0.15) is 32.6 Å². The smallest absolute Gasteiger partial charge is 0.321 e. The number of nitrogens with one attached hydrogen (secondary N) is 1. The fourth-order valence-corrected chi connectivity index (χ4v) is 3.31. The van der Waals surface area contributed by atoms with Gasteiger partial charge >= 0.3 is 6.03 Å². The first kappa shape index (κ1) is 20.5. The number of anilines is 1. The van der Waals surface area contributed by atoms with Gasteiger partial charge in [0.15, 0.2) is 0 Å². The van der Waals surface area contributed by atoms with Crippen molar-refractivity contribution in [2.45, 2.75) is 38.7 Å². The minimum absolute atomic E-state index is 0.0646. The molecule has 1 aliphatic heterocycles. The summed E-state index contributed by atoms with van der Waals surface area (Å²) in [6, 6.07) is 11.2. The Hall–Kier alpha value is -2.28. The summed E-state index contributed by atoms with van der Waals surface area (Å²) in [5.41, 5.74) is 0.767. The third-order valence-electron chi connectivity index (χ3n) is 4.60. The highest BCUT2D eigenvalue weighted by atomic mass is 79.9. The van der Waals surface area contributed by atoms with Crippen molar-refractivity contribution in [1.82, 2.24) is 9.88 Å². The molecule has 3 rings (SSSR count). The topological polar surface area (TPSA) is 63.7 Å². The van der Waals surface area contributed by atoms with Gasteiger partial charge in [-0.2, -0.15) is 0 Å². The zero-order valence-electron chi connectivity index (χ0n) is 16.1. The number of urea groups is 1. The van der Waals surface area contributed by atoms with E-state index in [1.165, 1.54) is 0 Å². The van der Waals surface area contributed by atoms with E-state index in [-0.39, 0.29) is 12.1 Å². The van der Waals surface area contributed by atoms with Crippen LogP contribution in [0.3, 0.4) is 0 Å². The van der Waals surface area contributed by atoms with Gasteiger partial charge in [-0.1, -0.05) is 13.3 Å². The second-order valence-corrected chi connectivity index (χ2v) is 7.61. The molecule has 7 heteroatoms. The predicted molar refractivity (Wildman–Crippen MR) is 113 cm³/mol. The van der Waals surface area contributed by atoms with Gasteiger partial charge in [-0.25, -0.2) is 9.78 Å². The van der Waals surface area contributed by atoms with E-state index >= 15 is 0 Å². The number of piperidine rings is 1. The third kappa shape index (κ3) is 5.86. The Labute approximate surface area is 174 Å². The summed E-state index contributed by atoms with van der Waals surface area (Å²) in [6.45, 7) is 4.15. The molecule has 2 aromatic rings. The molecule has 2 amide bonds. The molecule has 2 heterocycles. The van der Waals surface area contributed by atoms with Crippen LogP contribution >= 0.6 is 15.9 Å². The number of carbonyl (C=O) groups excluding carboxylic acids is 1. The summed E-state index contributed by atoms with van der Waals surface area (Å²) < 4.78 is 12.4. The van der Waals surface area contributed by atoms with Gasteiger partial charge in [0.2, 0.25) is 5.88 Å². The van der Waals surface area contributed by atoms with E-state index in [0.29, 0.717) is 25.6 Å². The number of nitrogens with zero attached hydrogens (tertiary/aromatic N) is 2. The zero-order valence-corrected chi connectivity index (χ0v) is 17.7. The molecule has 1 saturated heterocycles. The van der Waals surface area contributed by atoms with E-state index in [0.717, 1.165) is 41.6 Å². The summed E-state index contributed by atoms with van der Waals surface area (Å²) in [6.07, 6.45) is 5.48. The van der Waals surface area contributed by atoms with Crippen LogP contribution in [0.5, 0.6) is 11.6 Å². The Kier molecular flexibility index (Phi) is 7.54. The van der Waals surface area contributed by atoms with Crippen LogP contribution in [0.15, 0.2) is 47.1 Å². The standard InChI is InChI=1S/C21H26BrN3O3/c1-2-3-15-27-17-8-6-16(7-9-17)24-21(26)25-13-10-18(11-14-25)28-20-19(22)5-4-12-23-20/h4-9,12,18H,2-3,10-11,13-15H2,1H3,(H,24,26). The normalized spacial score (nSPS) is 14.6. The molecule has 1 aliphatic rings. The number of carbonyl (C=O) groups is 1. The number of aromatic nitrogens is 1. The highest BCUT2D eigenvalue weighted by molar-refractivity contribution is 9.10. The molecule has 0 atom stereocenters. The van der Waals surface area contributed by atoms with Gasteiger partial charge in [-0.15, -0.1) is 0 Å². The molecule has 6 nitrogen and oxygen atoms in total. The molecule has 1 aromatic heterocycles. The number of unbranched alkanes of at least 4 members (excludes halogenated alkanes) is 1. The van der Waals surface area contributed by atoms with Crippen LogP contribution in [0.25, 0.3) is 0 Å². The first-order valence-electron chi connectivity index (χ1n) is 9.71. The maximum Gasteiger partial charge on any atom is 0.321 e. The maximum absolute atomic E-state index is 12.5. The lowest BCUT2D eigenvalue weighted by Gasteiger charge is -2.32. The van der Waals surface area contributed by atoms with Gasteiger partial charge in [-0.05, 0) is 58.7 Å². The van der Waals surface area contributed by atoms with Crippen LogP contribution in [0, 0.1) is 0 Å². The minimum Gasteiger partial charge on any atom is -0.494 e. The molecule has 1 aromatic carbocycles. The van der Waals surface area contributed by atoms with Crippen molar-refractivity contribution in [2.24, 2.45) is 0 Å². The lowest BCUT2D eigenvalue weighted by molar-refractivity contribution is 0.111. The number of hydrogen-bond donors (Lipinski definition) is 1. The van der Waals surface area contributed by atoms with E-state index in [9.17, 15) is 4.79 Å². The van der Waals surface area contributed by atoms with E-state index in [4.69, 9.17) is 9.47 Å². The number of hydrogen-bond acceptors (Lipinski definition) is 4. The first-order chi connectivity index (χ1) is 13.7. The predicted octanol–water partition coefficient (Wildman–Crippen LogP) is 5.10. The average molecular weight is 448 g/mol. The van der Waals surface area contributed by atoms with Crippen molar-refractivity contribution in [3.63, 3.8) is 0 Å². The van der Waals surface area contributed by atoms with Crippen molar-refractivity contribution >= 4 is 27.6 Å². The number of ether oxygens (including phenoxy) is 2. The molecule has 0 radical (unpaired) electrons. The first-order valence-corrected chi connectivity index (χ1v) is 10.5. The lowest BCUT2D eigenvalue weighted by atomic mass is 10.1. The number of rotatable bonds is 7. The second kappa shape index (κ2) is 10.3. The van der Waals surface area contributed by atoms with Crippen LogP contribution in [-0.2, 0) is 0 Å². The SMILES string of the molecule is CCCCOc1ccc(NC(=O)N2CCC(Oc3ncccc3Br)CC2)cc1. The molecule has 150 valence electrons. The van der Waals surface area contributed by atoms with Gasteiger partial charge in [-0.3, -0.25) is 0 Å². The monoisotopic (exact) mass is 447 g/mol.